The van der Waals surface area contributed by atoms with Crippen LogP contribution in [0.4, 0.5) is 24.5 Å². The number of nitrogens with one attached hydrogen (secondary N) is 2. The van der Waals surface area contributed by atoms with Gasteiger partial charge in [-0.1, -0.05) is 44.2 Å². The molecule has 150 valence electrons. The fraction of sp³-hybridized carbons (Fsp3) is 0.333. The van der Waals surface area contributed by atoms with Crippen LogP contribution >= 0.6 is 0 Å². The van der Waals surface area contributed by atoms with E-state index in [0.717, 1.165) is 17.7 Å². The number of alkyl halides is 3. The fourth-order valence-electron chi connectivity index (χ4n) is 2.61. The van der Waals surface area contributed by atoms with E-state index in [0.29, 0.717) is 5.69 Å². The molecule has 0 aliphatic rings. The lowest BCUT2D eigenvalue weighted by Gasteiger charge is -2.25. The largest absolute Gasteiger partial charge is 0.418 e. The van der Waals surface area contributed by atoms with Gasteiger partial charge in [0, 0.05) is 5.69 Å². The van der Waals surface area contributed by atoms with E-state index in [1.807, 2.05) is 26.0 Å². The monoisotopic (exact) mass is 392 g/mol. The average molecular weight is 392 g/mol. The van der Waals surface area contributed by atoms with Crippen molar-refractivity contribution in [1.82, 2.24) is 0 Å². The number of benzene rings is 2. The minimum atomic E-state index is -4.62. The van der Waals surface area contributed by atoms with E-state index < -0.39 is 29.0 Å². The molecule has 0 aliphatic heterocycles. The lowest BCUT2D eigenvalue weighted by atomic mass is 9.90. The minimum Gasteiger partial charge on any atom is -0.325 e. The summed E-state index contributed by atoms with van der Waals surface area (Å²) in [5.74, 6) is -1.29. The highest BCUT2D eigenvalue weighted by Crippen LogP contribution is 2.35. The second kappa shape index (κ2) is 8.04. The van der Waals surface area contributed by atoms with Crippen molar-refractivity contribution in [3.63, 3.8) is 0 Å². The van der Waals surface area contributed by atoms with Crippen LogP contribution in [0.1, 0.15) is 44.7 Å². The van der Waals surface area contributed by atoms with Crippen LogP contribution in [0.15, 0.2) is 48.5 Å². The Morgan fingerprint density at radius 1 is 0.821 bits per heavy atom. The smallest absolute Gasteiger partial charge is 0.325 e. The van der Waals surface area contributed by atoms with E-state index >= 15 is 0 Å². The van der Waals surface area contributed by atoms with Gasteiger partial charge in [0.25, 0.3) is 0 Å². The van der Waals surface area contributed by atoms with Crippen molar-refractivity contribution in [3.05, 3.63) is 59.7 Å². The Kier molecular flexibility index (Phi) is 6.17. The molecule has 0 aromatic heterocycles. The molecule has 28 heavy (non-hydrogen) atoms. The van der Waals surface area contributed by atoms with Crippen LogP contribution in [0.3, 0.4) is 0 Å². The number of hydrogen-bond acceptors (Lipinski definition) is 2. The minimum absolute atomic E-state index is 0.145. The standard InChI is InChI=1S/C21H23F3N2O2/c1-13(2)14-9-5-7-11-16(14)25-18(27)20(3,4)19(28)26-17-12-8-6-10-15(17)21(22,23)24/h5-13H,1-4H3,(H,25,27)(H,26,28). The zero-order valence-electron chi connectivity index (χ0n) is 16.1. The number of amides is 2. The molecular formula is C21H23F3N2O2. The van der Waals surface area contributed by atoms with Crippen LogP contribution < -0.4 is 10.6 Å². The predicted molar refractivity (Wildman–Crippen MR) is 103 cm³/mol. The molecule has 2 rings (SSSR count). The van der Waals surface area contributed by atoms with Gasteiger partial charge in [0.15, 0.2) is 0 Å². The van der Waals surface area contributed by atoms with Gasteiger partial charge in [-0.25, -0.2) is 0 Å². The van der Waals surface area contributed by atoms with Crippen LogP contribution in [0.5, 0.6) is 0 Å². The number of rotatable bonds is 5. The highest BCUT2D eigenvalue weighted by atomic mass is 19.4. The molecular weight excluding hydrogens is 369 g/mol. The summed E-state index contributed by atoms with van der Waals surface area (Å²) < 4.78 is 39.4. The quantitative estimate of drug-likeness (QED) is 0.667. The number of halogens is 3. The van der Waals surface area contributed by atoms with Crippen molar-refractivity contribution in [2.45, 2.75) is 39.8 Å². The van der Waals surface area contributed by atoms with Gasteiger partial charge in [0.2, 0.25) is 11.8 Å². The Labute approximate surface area is 162 Å². The molecule has 0 aliphatic carbocycles. The molecule has 0 bridgehead atoms. The summed E-state index contributed by atoms with van der Waals surface area (Å²) in [5.41, 5.74) is -1.48. The van der Waals surface area contributed by atoms with Crippen molar-refractivity contribution in [2.24, 2.45) is 5.41 Å². The van der Waals surface area contributed by atoms with Crippen LogP contribution in [-0.4, -0.2) is 11.8 Å². The zero-order chi connectivity index (χ0) is 21.1. The molecule has 2 aromatic carbocycles. The zero-order valence-corrected chi connectivity index (χ0v) is 16.1. The Balaban J connectivity index is 2.23. The average Bonchev–Trinajstić information content (AvgIpc) is 2.61. The Morgan fingerprint density at radius 2 is 1.29 bits per heavy atom. The fourth-order valence-corrected chi connectivity index (χ4v) is 2.61. The van der Waals surface area contributed by atoms with Gasteiger partial charge in [-0.05, 0) is 43.5 Å². The Morgan fingerprint density at radius 3 is 1.82 bits per heavy atom. The van der Waals surface area contributed by atoms with Gasteiger partial charge in [0.05, 0.1) is 11.3 Å². The van der Waals surface area contributed by atoms with Crippen molar-refractivity contribution >= 4 is 23.2 Å². The van der Waals surface area contributed by atoms with Gasteiger partial charge in [-0.2, -0.15) is 13.2 Å². The lowest BCUT2D eigenvalue weighted by molar-refractivity contribution is -0.137. The SMILES string of the molecule is CC(C)c1ccccc1NC(=O)C(C)(C)C(=O)Nc1ccccc1C(F)(F)F. The third-order valence-electron chi connectivity index (χ3n) is 4.45. The molecule has 0 heterocycles. The van der Waals surface area contributed by atoms with E-state index in [1.54, 1.807) is 12.1 Å². The van der Waals surface area contributed by atoms with E-state index in [9.17, 15) is 22.8 Å². The number of hydrogen-bond donors (Lipinski definition) is 2. The van der Waals surface area contributed by atoms with Crippen LogP contribution in [0.2, 0.25) is 0 Å². The van der Waals surface area contributed by atoms with Crippen molar-refractivity contribution < 1.29 is 22.8 Å². The third-order valence-corrected chi connectivity index (χ3v) is 4.45. The summed E-state index contributed by atoms with van der Waals surface area (Å²) in [6.07, 6.45) is -4.62. The maximum absolute atomic E-state index is 13.1. The van der Waals surface area contributed by atoms with Crippen LogP contribution in [0, 0.1) is 5.41 Å². The molecule has 2 N–H and O–H groups in total. The molecule has 0 atom stereocenters. The Bertz CT molecular complexity index is 874. The summed E-state index contributed by atoms with van der Waals surface area (Å²) in [6.45, 7) is 6.67. The molecule has 0 saturated carbocycles. The van der Waals surface area contributed by atoms with Gasteiger partial charge in [-0.15, -0.1) is 0 Å². The second-order valence-corrected chi connectivity index (χ2v) is 7.32. The van der Waals surface area contributed by atoms with E-state index in [4.69, 9.17) is 0 Å². The summed E-state index contributed by atoms with van der Waals surface area (Å²) >= 11 is 0. The molecule has 0 saturated heterocycles. The first-order valence-electron chi connectivity index (χ1n) is 8.82. The topological polar surface area (TPSA) is 58.2 Å². The van der Waals surface area contributed by atoms with Crippen molar-refractivity contribution in [1.29, 1.82) is 0 Å². The van der Waals surface area contributed by atoms with Gasteiger partial charge < -0.3 is 10.6 Å². The summed E-state index contributed by atoms with van der Waals surface area (Å²) in [6, 6.07) is 11.8. The molecule has 0 fully saturated rings. The molecule has 0 spiro atoms. The van der Waals surface area contributed by atoms with Gasteiger partial charge >= 0.3 is 6.18 Å². The third kappa shape index (κ3) is 4.71. The van der Waals surface area contributed by atoms with Crippen molar-refractivity contribution in [3.8, 4) is 0 Å². The molecule has 2 amide bonds. The van der Waals surface area contributed by atoms with Gasteiger partial charge in [-0.3, -0.25) is 9.59 Å². The lowest BCUT2D eigenvalue weighted by Crippen LogP contribution is -2.42. The van der Waals surface area contributed by atoms with E-state index in [1.165, 1.54) is 26.0 Å². The Hall–Kier alpha value is -2.83. The van der Waals surface area contributed by atoms with Crippen LogP contribution in [-0.2, 0) is 15.8 Å². The first-order chi connectivity index (χ1) is 12.9. The van der Waals surface area contributed by atoms with Gasteiger partial charge in [0.1, 0.15) is 5.41 Å². The normalized spacial score (nSPS) is 12.0. The number of carbonyl (C=O) groups excluding carboxylic acids is 2. The molecule has 4 nitrogen and oxygen atoms in total. The van der Waals surface area contributed by atoms with E-state index in [2.05, 4.69) is 10.6 Å². The summed E-state index contributed by atoms with van der Waals surface area (Å²) in [4.78, 5) is 25.4. The molecule has 2 aromatic rings. The highest BCUT2D eigenvalue weighted by molar-refractivity contribution is 6.14. The molecule has 7 heteroatoms. The summed E-state index contributed by atoms with van der Waals surface area (Å²) in [5, 5.41) is 4.96. The van der Waals surface area contributed by atoms with Crippen molar-refractivity contribution in [2.75, 3.05) is 10.6 Å². The second-order valence-electron chi connectivity index (χ2n) is 7.32. The molecule has 0 unspecified atom stereocenters. The number of anilines is 2. The predicted octanol–water partition coefficient (Wildman–Crippen LogP) is 5.43. The first kappa shape index (κ1) is 21.5. The van der Waals surface area contributed by atoms with E-state index in [-0.39, 0.29) is 11.6 Å². The number of carbonyl (C=O) groups is 2. The molecule has 0 radical (unpaired) electrons. The summed E-state index contributed by atoms with van der Waals surface area (Å²) in [7, 11) is 0. The highest BCUT2D eigenvalue weighted by Gasteiger charge is 2.39. The maximum Gasteiger partial charge on any atom is 0.418 e. The number of para-hydroxylation sites is 2. The maximum atomic E-state index is 13.1. The van der Waals surface area contributed by atoms with Crippen LogP contribution in [0.25, 0.3) is 0 Å². The first-order valence-corrected chi connectivity index (χ1v) is 8.82.